The van der Waals surface area contributed by atoms with Crippen LogP contribution in [0, 0.1) is 11.8 Å². The summed E-state index contributed by atoms with van der Waals surface area (Å²) < 4.78 is 12.1. The zero-order chi connectivity index (χ0) is 17.2. The third-order valence-electron chi connectivity index (χ3n) is 5.59. The fraction of sp³-hybridized carbons (Fsp3) is 0.444. The van der Waals surface area contributed by atoms with Gasteiger partial charge < -0.3 is 14.8 Å². The van der Waals surface area contributed by atoms with Gasteiger partial charge in [-0.25, -0.2) is 0 Å². The molecule has 0 saturated heterocycles. The summed E-state index contributed by atoms with van der Waals surface area (Å²) in [4.78, 5) is 25.3. The number of methoxy groups -OCH3 is 2. The van der Waals surface area contributed by atoms with E-state index in [1.807, 2.05) is 24.3 Å². The molecule has 0 spiro atoms. The number of hydrogen-bond donors (Lipinski definition) is 1. The van der Waals surface area contributed by atoms with E-state index < -0.39 is 17.6 Å². The molecule has 2 bridgehead atoms. The number of rotatable bonds is 3. The van der Waals surface area contributed by atoms with Crippen LogP contribution in [0.3, 0.4) is 0 Å². The summed E-state index contributed by atoms with van der Waals surface area (Å²) >= 11 is 3.50. The summed E-state index contributed by atoms with van der Waals surface area (Å²) in [5.41, 5.74) is 2.71. The molecule has 3 aliphatic carbocycles. The van der Waals surface area contributed by atoms with E-state index in [0.29, 0.717) is 5.57 Å². The number of allylic oxidation sites excluding steroid dienone is 1. The molecule has 1 saturated carbocycles. The average molecular weight is 392 g/mol. The number of hydrogen-bond acceptors (Lipinski definition) is 5. The fourth-order valence-electron chi connectivity index (χ4n) is 4.65. The minimum atomic E-state index is -1.41. The van der Waals surface area contributed by atoms with Crippen LogP contribution < -0.4 is 5.32 Å². The van der Waals surface area contributed by atoms with Gasteiger partial charge in [-0.1, -0.05) is 22.0 Å². The van der Waals surface area contributed by atoms with Gasteiger partial charge in [0.25, 0.3) is 0 Å². The number of nitrogens with one attached hydrogen (secondary N) is 1. The molecule has 4 aliphatic rings. The molecular weight excluding hydrogens is 374 g/mol. The number of Topliss-reactive ketones (excluding diaryl/α,β-unsaturated/α-hetero) is 2. The Bertz CT molecular complexity index is 783. The van der Waals surface area contributed by atoms with Gasteiger partial charge in [-0.15, -0.1) is 0 Å². The maximum Gasteiger partial charge on any atom is 0.238 e. The maximum atomic E-state index is 13.1. The monoisotopic (exact) mass is 391 g/mol. The molecular formula is C18H18BrNO4. The van der Waals surface area contributed by atoms with E-state index in [-0.39, 0.29) is 23.5 Å². The predicted molar refractivity (Wildman–Crippen MR) is 91.8 cm³/mol. The van der Waals surface area contributed by atoms with Crippen molar-refractivity contribution in [2.75, 3.05) is 19.5 Å². The molecule has 1 aromatic rings. The zero-order valence-corrected chi connectivity index (χ0v) is 15.2. The van der Waals surface area contributed by atoms with Crippen LogP contribution in [0.15, 0.2) is 34.3 Å². The molecule has 6 heteroatoms. The van der Waals surface area contributed by atoms with E-state index in [1.54, 1.807) is 0 Å². The first-order valence-electron chi connectivity index (χ1n) is 7.88. The van der Waals surface area contributed by atoms with Crippen molar-refractivity contribution in [1.29, 1.82) is 0 Å². The smallest absolute Gasteiger partial charge is 0.238 e. The number of ether oxygens (including phenoxy) is 2. The number of halogens is 1. The van der Waals surface area contributed by atoms with Gasteiger partial charge in [-0.3, -0.25) is 9.59 Å². The number of benzene rings is 1. The van der Waals surface area contributed by atoms with Crippen LogP contribution in [0.5, 0.6) is 0 Å². The first-order valence-corrected chi connectivity index (χ1v) is 8.67. The van der Waals surface area contributed by atoms with Crippen LogP contribution in [-0.4, -0.2) is 37.6 Å². The summed E-state index contributed by atoms with van der Waals surface area (Å²) in [6.45, 7) is 1.53. The second kappa shape index (κ2) is 5.25. The summed E-state index contributed by atoms with van der Waals surface area (Å²) in [6.07, 6.45) is 1.82. The van der Waals surface area contributed by atoms with Crippen LogP contribution in [0.2, 0.25) is 0 Å². The molecule has 1 N–H and O–H groups in total. The fourth-order valence-corrected chi connectivity index (χ4v) is 5.02. The van der Waals surface area contributed by atoms with Crippen molar-refractivity contribution in [2.45, 2.75) is 24.7 Å². The number of fused-ring (bicyclic) bond motifs is 2. The molecule has 0 radical (unpaired) electrons. The summed E-state index contributed by atoms with van der Waals surface area (Å²) in [6, 6.07) is 5.90. The minimum absolute atomic E-state index is 0.0171. The first-order chi connectivity index (χ1) is 11.4. The second-order valence-corrected chi connectivity index (χ2v) is 7.46. The number of carbonyl (C=O) groups is 2. The molecule has 24 heavy (non-hydrogen) atoms. The molecule has 4 atom stereocenters. The topological polar surface area (TPSA) is 64.6 Å². The average Bonchev–Trinajstić information content (AvgIpc) is 2.95. The minimum Gasteiger partial charge on any atom is -0.381 e. The molecule has 1 aromatic carbocycles. The van der Waals surface area contributed by atoms with Crippen molar-refractivity contribution in [3.05, 3.63) is 39.9 Å². The molecule has 5 nitrogen and oxygen atoms in total. The molecule has 0 amide bonds. The van der Waals surface area contributed by atoms with Crippen molar-refractivity contribution >= 4 is 33.2 Å². The Morgan fingerprint density at radius 3 is 2.62 bits per heavy atom. The molecule has 5 rings (SSSR count). The Balaban J connectivity index is 1.92. The van der Waals surface area contributed by atoms with Crippen molar-refractivity contribution in [3.8, 4) is 0 Å². The van der Waals surface area contributed by atoms with Crippen molar-refractivity contribution < 1.29 is 19.1 Å². The van der Waals surface area contributed by atoms with Crippen LogP contribution >= 0.6 is 15.9 Å². The molecule has 126 valence electrons. The predicted octanol–water partition coefficient (Wildman–Crippen LogP) is 2.66. The quantitative estimate of drug-likeness (QED) is 0.802. The molecule has 0 aromatic heterocycles. The Morgan fingerprint density at radius 1 is 1.29 bits per heavy atom. The normalized spacial score (nSPS) is 32.0. The Kier molecular flexibility index (Phi) is 3.50. The Morgan fingerprint density at radius 2 is 2.00 bits per heavy atom. The standard InChI is InChI=1S/C18H18BrNO4/c1-8(21)10-7-12-14-11-6-9(19)4-5-13(11)20-16(14)15(10)18(23-2,24-3)17(12)22/h4-7,12,14-16,20H,1-3H3. The Hall–Kier alpha value is -1.50. The SMILES string of the molecule is COC1(OC)C(=O)C2C=C(C(C)=O)C1C1Nc3ccc(Br)cc3C21. The zero-order valence-electron chi connectivity index (χ0n) is 13.6. The molecule has 1 fully saturated rings. The second-order valence-electron chi connectivity index (χ2n) is 6.55. The van der Waals surface area contributed by atoms with E-state index in [0.717, 1.165) is 15.7 Å². The van der Waals surface area contributed by atoms with E-state index >= 15 is 0 Å². The van der Waals surface area contributed by atoms with Gasteiger partial charge in [-0.2, -0.15) is 0 Å². The number of anilines is 1. The van der Waals surface area contributed by atoms with E-state index in [1.165, 1.54) is 21.1 Å². The summed E-state index contributed by atoms with van der Waals surface area (Å²) in [5, 5.41) is 3.50. The maximum absolute atomic E-state index is 13.1. The highest BCUT2D eigenvalue weighted by molar-refractivity contribution is 9.10. The van der Waals surface area contributed by atoms with Gasteiger partial charge in [0.2, 0.25) is 5.79 Å². The van der Waals surface area contributed by atoms with E-state index in [9.17, 15) is 9.59 Å². The van der Waals surface area contributed by atoms with Gasteiger partial charge in [0.1, 0.15) is 0 Å². The third kappa shape index (κ3) is 1.82. The van der Waals surface area contributed by atoms with Crippen LogP contribution in [0.25, 0.3) is 0 Å². The number of ketones is 2. The van der Waals surface area contributed by atoms with Gasteiger partial charge in [0.05, 0.1) is 11.8 Å². The van der Waals surface area contributed by atoms with Crippen LogP contribution in [-0.2, 0) is 19.1 Å². The lowest BCUT2D eigenvalue weighted by Crippen LogP contribution is -2.66. The highest BCUT2D eigenvalue weighted by Crippen LogP contribution is 2.58. The summed E-state index contributed by atoms with van der Waals surface area (Å²) in [5.74, 6) is -2.50. The van der Waals surface area contributed by atoms with Crippen molar-refractivity contribution in [1.82, 2.24) is 0 Å². The van der Waals surface area contributed by atoms with Gasteiger partial charge in [0.15, 0.2) is 11.6 Å². The largest absolute Gasteiger partial charge is 0.381 e. The number of carbonyl (C=O) groups excluding carboxylic acids is 2. The lowest BCUT2D eigenvalue weighted by molar-refractivity contribution is -0.240. The van der Waals surface area contributed by atoms with Gasteiger partial charge in [0, 0.05) is 41.9 Å². The highest BCUT2D eigenvalue weighted by atomic mass is 79.9. The lowest BCUT2D eigenvalue weighted by atomic mass is 9.57. The van der Waals surface area contributed by atoms with Crippen molar-refractivity contribution in [3.63, 3.8) is 0 Å². The van der Waals surface area contributed by atoms with E-state index in [2.05, 4.69) is 21.2 Å². The van der Waals surface area contributed by atoms with Crippen molar-refractivity contribution in [2.24, 2.45) is 11.8 Å². The molecule has 4 unspecified atom stereocenters. The van der Waals surface area contributed by atoms with Crippen LogP contribution in [0.4, 0.5) is 5.69 Å². The van der Waals surface area contributed by atoms with Crippen LogP contribution in [0.1, 0.15) is 18.4 Å². The third-order valence-corrected chi connectivity index (χ3v) is 6.08. The molecule has 1 heterocycles. The highest BCUT2D eigenvalue weighted by Gasteiger charge is 2.66. The molecule has 1 aliphatic heterocycles. The first kappa shape index (κ1) is 16.0. The summed E-state index contributed by atoms with van der Waals surface area (Å²) in [7, 11) is 2.93. The van der Waals surface area contributed by atoms with Gasteiger partial charge in [-0.05, 0) is 30.7 Å². The van der Waals surface area contributed by atoms with E-state index in [4.69, 9.17) is 9.47 Å². The Labute approximate surface area is 148 Å². The lowest BCUT2D eigenvalue weighted by Gasteiger charge is -2.52. The van der Waals surface area contributed by atoms with Gasteiger partial charge >= 0.3 is 0 Å².